The first-order chi connectivity index (χ1) is 14.5. The summed E-state index contributed by atoms with van der Waals surface area (Å²) in [6.07, 6.45) is 10.5. The third kappa shape index (κ3) is 6.74. The third-order valence-corrected chi connectivity index (χ3v) is 4.51. The molecular formula is C26H24O4. The summed E-state index contributed by atoms with van der Waals surface area (Å²) in [7, 11) is 0. The van der Waals surface area contributed by atoms with Crippen LogP contribution in [-0.4, -0.2) is 11.9 Å². The Morgan fingerprint density at radius 1 is 0.667 bits per heavy atom. The van der Waals surface area contributed by atoms with Crippen LogP contribution in [0.1, 0.15) is 35.1 Å². The van der Waals surface area contributed by atoms with Crippen molar-refractivity contribution < 1.29 is 19.1 Å². The predicted molar refractivity (Wildman–Crippen MR) is 118 cm³/mol. The van der Waals surface area contributed by atoms with Gasteiger partial charge in [0.1, 0.15) is 11.5 Å². The minimum absolute atomic E-state index is 0.434. The Morgan fingerprint density at radius 3 is 1.37 bits per heavy atom. The molecule has 0 bridgehead atoms. The lowest BCUT2D eigenvalue weighted by atomic mass is 10.1. The van der Waals surface area contributed by atoms with E-state index in [9.17, 15) is 9.59 Å². The average Bonchev–Trinajstić information content (AvgIpc) is 2.74. The molecule has 0 fully saturated rings. The molecule has 0 aliphatic heterocycles. The summed E-state index contributed by atoms with van der Waals surface area (Å²) in [6, 6.07) is 15.7. The Labute approximate surface area is 176 Å². The maximum Gasteiger partial charge on any atom is 0.335 e. The van der Waals surface area contributed by atoms with Crippen molar-refractivity contribution in [2.75, 3.05) is 0 Å². The van der Waals surface area contributed by atoms with E-state index in [1.807, 2.05) is 62.4 Å². The summed E-state index contributed by atoms with van der Waals surface area (Å²) in [5, 5.41) is 0. The highest BCUT2D eigenvalue weighted by Crippen LogP contribution is 2.21. The van der Waals surface area contributed by atoms with Crippen LogP contribution in [0.3, 0.4) is 0 Å². The SMILES string of the molecule is Cc1ccc(/C=C/C(=O)OC2=CC=C(OC(=O)/C=C/c3ccc(C)cc3)CC2)cc1. The number of rotatable bonds is 6. The zero-order chi connectivity index (χ0) is 21.3. The molecule has 0 spiro atoms. The Bertz CT molecular complexity index is 934. The molecule has 1 aliphatic carbocycles. The van der Waals surface area contributed by atoms with Crippen LogP contribution in [0.25, 0.3) is 12.2 Å². The van der Waals surface area contributed by atoms with E-state index in [0.717, 1.165) is 22.3 Å². The van der Waals surface area contributed by atoms with Gasteiger partial charge in [0.15, 0.2) is 0 Å². The van der Waals surface area contributed by atoms with Crippen LogP contribution in [0.15, 0.2) is 84.4 Å². The molecule has 0 saturated heterocycles. The largest absolute Gasteiger partial charge is 0.428 e. The van der Waals surface area contributed by atoms with E-state index < -0.39 is 11.9 Å². The number of benzene rings is 2. The zero-order valence-electron chi connectivity index (χ0n) is 17.1. The van der Waals surface area contributed by atoms with Gasteiger partial charge in [-0.05, 0) is 49.3 Å². The van der Waals surface area contributed by atoms with Gasteiger partial charge in [-0.25, -0.2) is 9.59 Å². The molecule has 30 heavy (non-hydrogen) atoms. The van der Waals surface area contributed by atoms with Gasteiger partial charge in [0.2, 0.25) is 0 Å². The monoisotopic (exact) mass is 400 g/mol. The third-order valence-electron chi connectivity index (χ3n) is 4.51. The van der Waals surface area contributed by atoms with Crippen molar-refractivity contribution in [3.8, 4) is 0 Å². The molecule has 0 aromatic heterocycles. The van der Waals surface area contributed by atoms with Crippen molar-refractivity contribution in [3.05, 3.63) is 107 Å². The zero-order valence-corrected chi connectivity index (χ0v) is 17.1. The molecule has 0 atom stereocenters. The second-order valence-corrected chi connectivity index (χ2v) is 7.10. The first-order valence-corrected chi connectivity index (χ1v) is 9.81. The normalized spacial score (nSPS) is 13.8. The molecule has 2 aromatic carbocycles. The maximum atomic E-state index is 12.0. The molecule has 0 N–H and O–H groups in total. The number of ether oxygens (including phenoxy) is 2. The fourth-order valence-corrected chi connectivity index (χ4v) is 2.78. The molecule has 4 nitrogen and oxygen atoms in total. The smallest absolute Gasteiger partial charge is 0.335 e. The summed E-state index contributed by atoms with van der Waals surface area (Å²) < 4.78 is 10.7. The number of hydrogen-bond acceptors (Lipinski definition) is 4. The van der Waals surface area contributed by atoms with Crippen LogP contribution in [0.4, 0.5) is 0 Å². The van der Waals surface area contributed by atoms with Gasteiger partial charge in [0, 0.05) is 25.0 Å². The topological polar surface area (TPSA) is 52.6 Å². The first kappa shape index (κ1) is 21.1. The summed E-state index contributed by atoms with van der Waals surface area (Å²) in [6.45, 7) is 4.02. The fourth-order valence-electron chi connectivity index (χ4n) is 2.78. The molecule has 4 heteroatoms. The van der Waals surface area contributed by atoms with E-state index in [2.05, 4.69) is 0 Å². The second kappa shape index (κ2) is 10.2. The number of aryl methyl sites for hydroxylation is 2. The molecule has 0 radical (unpaired) electrons. The van der Waals surface area contributed by atoms with Crippen LogP contribution in [0.5, 0.6) is 0 Å². The number of carbonyl (C=O) groups excluding carboxylic acids is 2. The van der Waals surface area contributed by atoms with E-state index in [-0.39, 0.29) is 0 Å². The molecule has 3 rings (SSSR count). The molecule has 152 valence electrons. The van der Waals surface area contributed by atoms with Crippen molar-refractivity contribution >= 4 is 24.1 Å². The minimum Gasteiger partial charge on any atom is -0.428 e. The molecular weight excluding hydrogens is 376 g/mol. The number of hydrogen-bond donors (Lipinski definition) is 0. The van der Waals surface area contributed by atoms with Gasteiger partial charge in [-0.1, -0.05) is 59.7 Å². The van der Waals surface area contributed by atoms with E-state index >= 15 is 0 Å². The summed E-state index contributed by atoms with van der Waals surface area (Å²) in [5.41, 5.74) is 4.19. The second-order valence-electron chi connectivity index (χ2n) is 7.10. The average molecular weight is 400 g/mol. The fraction of sp³-hybridized carbons (Fsp3) is 0.154. The quantitative estimate of drug-likeness (QED) is 0.462. The predicted octanol–water partition coefficient (Wildman–Crippen LogP) is 5.68. The molecule has 0 unspecified atom stereocenters. The maximum absolute atomic E-state index is 12.0. The Kier molecular flexibility index (Phi) is 7.17. The van der Waals surface area contributed by atoms with Crippen LogP contribution >= 0.6 is 0 Å². The van der Waals surface area contributed by atoms with Gasteiger partial charge in [0.25, 0.3) is 0 Å². The lowest BCUT2D eigenvalue weighted by Gasteiger charge is -2.13. The van der Waals surface area contributed by atoms with Crippen molar-refractivity contribution in [2.24, 2.45) is 0 Å². The van der Waals surface area contributed by atoms with Gasteiger partial charge < -0.3 is 9.47 Å². The van der Waals surface area contributed by atoms with Gasteiger partial charge in [-0.15, -0.1) is 0 Å². The summed E-state index contributed by atoms with van der Waals surface area (Å²) in [5.74, 6) is 0.223. The molecule has 0 saturated carbocycles. The highest BCUT2D eigenvalue weighted by Gasteiger charge is 2.13. The van der Waals surface area contributed by atoms with Gasteiger partial charge in [0.05, 0.1) is 0 Å². The van der Waals surface area contributed by atoms with Crippen LogP contribution < -0.4 is 0 Å². The standard InChI is InChI=1S/C26H24O4/c1-19-3-7-21(8-4-19)11-17-25(27)29-23-13-15-24(16-14-23)30-26(28)18-12-22-9-5-20(2)6-10-22/h3-13,15,17-18H,14,16H2,1-2H3/b17-11+,18-12+. The van der Waals surface area contributed by atoms with E-state index in [0.29, 0.717) is 24.4 Å². The Hall–Kier alpha value is -3.66. The van der Waals surface area contributed by atoms with E-state index in [1.54, 1.807) is 24.3 Å². The Morgan fingerprint density at radius 2 is 1.03 bits per heavy atom. The van der Waals surface area contributed by atoms with Crippen LogP contribution in [-0.2, 0) is 19.1 Å². The van der Waals surface area contributed by atoms with Crippen molar-refractivity contribution in [1.82, 2.24) is 0 Å². The van der Waals surface area contributed by atoms with Crippen molar-refractivity contribution in [1.29, 1.82) is 0 Å². The molecule has 1 aliphatic rings. The first-order valence-electron chi connectivity index (χ1n) is 9.81. The van der Waals surface area contributed by atoms with Crippen molar-refractivity contribution in [3.63, 3.8) is 0 Å². The Balaban J connectivity index is 1.49. The molecule has 0 heterocycles. The van der Waals surface area contributed by atoms with E-state index in [1.165, 1.54) is 12.2 Å². The number of allylic oxidation sites excluding steroid dienone is 4. The summed E-state index contributed by atoms with van der Waals surface area (Å²) >= 11 is 0. The number of carbonyl (C=O) groups is 2. The molecule has 2 aromatic rings. The van der Waals surface area contributed by atoms with Crippen molar-refractivity contribution in [2.45, 2.75) is 26.7 Å². The van der Waals surface area contributed by atoms with Crippen LogP contribution in [0.2, 0.25) is 0 Å². The van der Waals surface area contributed by atoms with Gasteiger partial charge in [-0.2, -0.15) is 0 Å². The lowest BCUT2D eigenvalue weighted by molar-refractivity contribution is -0.135. The van der Waals surface area contributed by atoms with Crippen LogP contribution in [0, 0.1) is 13.8 Å². The highest BCUT2D eigenvalue weighted by molar-refractivity contribution is 5.88. The number of esters is 2. The van der Waals surface area contributed by atoms with Gasteiger partial charge in [-0.3, -0.25) is 0 Å². The van der Waals surface area contributed by atoms with E-state index in [4.69, 9.17) is 9.47 Å². The molecule has 0 amide bonds. The lowest BCUT2D eigenvalue weighted by Crippen LogP contribution is -2.07. The summed E-state index contributed by atoms with van der Waals surface area (Å²) in [4.78, 5) is 24.0. The minimum atomic E-state index is -0.434. The highest BCUT2D eigenvalue weighted by atomic mass is 16.5. The van der Waals surface area contributed by atoms with Gasteiger partial charge >= 0.3 is 11.9 Å².